The van der Waals surface area contributed by atoms with Gasteiger partial charge in [-0.1, -0.05) is 30.8 Å². The highest BCUT2D eigenvalue weighted by molar-refractivity contribution is 7.89. The van der Waals surface area contributed by atoms with Crippen molar-refractivity contribution in [3.63, 3.8) is 0 Å². The van der Waals surface area contributed by atoms with Gasteiger partial charge in [-0.15, -0.1) is 0 Å². The van der Waals surface area contributed by atoms with Crippen LogP contribution in [-0.2, 0) is 36.1 Å². The van der Waals surface area contributed by atoms with Crippen LogP contribution < -0.4 is 16.0 Å². The molecule has 0 aliphatic carbocycles. The highest BCUT2D eigenvalue weighted by atomic mass is 32.2. The van der Waals surface area contributed by atoms with Gasteiger partial charge in [0.25, 0.3) is 0 Å². The fourth-order valence-electron chi connectivity index (χ4n) is 7.14. The third-order valence-electron chi connectivity index (χ3n) is 9.47. The van der Waals surface area contributed by atoms with Gasteiger partial charge in [0.05, 0.1) is 17.9 Å². The Morgan fingerprint density at radius 2 is 1.72 bits per heavy atom. The molecule has 0 radical (unpaired) electrons. The minimum Gasteiger partial charge on any atom is -0.453 e. The molecule has 3 atom stereocenters. The number of sulfonamides is 1. The number of anilines is 1. The van der Waals surface area contributed by atoms with E-state index in [1.54, 1.807) is 25.1 Å². The standard InChI is InChI=1S/C36H41F3N4O6S/c1-23-21-40-22-28(43(23)50(46,47)29-8-5-4-6-9-29)12-13-30-31(39)10-7-11-32(30)42-34(44)33(24(2)41-35(45)48-3)36(14-16-49-17-15-36)25-18-26(37)20-27(38)19-25/h4-11,18-20,23,28,33,40H,2,12-17,21-22H2,1,3H3,(H,41,45)(H,42,44)/t23-,28-,33+/m0/s1. The summed E-state index contributed by atoms with van der Waals surface area (Å²) < 4.78 is 84.1. The molecule has 50 heavy (non-hydrogen) atoms. The summed E-state index contributed by atoms with van der Waals surface area (Å²) in [6.45, 7) is 6.83. The Morgan fingerprint density at radius 1 is 1.04 bits per heavy atom. The second kappa shape index (κ2) is 15.8. The smallest absolute Gasteiger partial charge is 0.411 e. The predicted molar refractivity (Wildman–Crippen MR) is 181 cm³/mol. The monoisotopic (exact) mass is 714 g/mol. The Bertz CT molecular complexity index is 1800. The number of carbonyl (C=O) groups excluding carboxylic acids is 2. The molecule has 2 fully saturated rings. The molecule has 10 nitrogen and oxygen atoms in total. The number of methoxy groups -OCH3 is 1. The Balaban J connectivity index is 1.47. The fourth-order valence-corrected chi connectivity index (χ4v) is 9.00. The largest absolute Gasteiger partial charge is 0.453 e. The molecule has 2 amide bonds. The number of nitrogens with zero attached hydrogens (tertiary/aromatic N) is 1. The third kappa shape index (κ3) is 7.88. The van der Waals surface area contributed by atoms with Gasteiger partial charge in [-0.05, 0) is 74.6 Å². The molecular weight excluding hydrogens is 673 g/mol. The molecule has 3 aromatic carbocycles. The summed E-state index contributed by atoms with van der Waals surface area (Å²) in [6.07, 6.45) is -0.342. The van der Waals surface area contributed by atoms with Crippen molar-refractivity contribution in [3.05, 3.63) is 108 Å². The lowest BCUT2D eigenvalue weighted by atomic mass is 9.64. The second-order valence-electron chi connectivity index (χ2n) is 12.6. The van der Waals surface area contributed by atoms with Crippen molar-refractivity contribution in [1.29, 1.82) is 0 Å². The second-order valence-corrected chi connectivity index (χ2v) is 14.4. The maximum absolute atomic E-state index is 15.6. The number of rotatable bonds is 11. The van der Waals surface area contributed by atoms with E-state index in [1.165, 1.54) is 34.6 Å². The summed E-state index contributed by atoms with van der Waals surface area (Å²) >= 11 is 0. The van der Waals surface area contributed by atoms with Crippen molar-refractivity contribution >= 4 is 27.7 Å². The van der Waals surface area contributed by atoms with Gasteiger partial charge < -0.3 is 20.1 Å². The van der Waals surface area contributed by atoms with Gasteiger partial charge in [-0.3, -0.25) is 10.1 Å². The first-order chi connectivity index (χ1) is 23.9. The van der Waals surface area contributed by atoms with E-state index in [-0.39, 0.29) is 72.3 Å². The summed E-state index contributed by atoms with van der Waals surface area (Å²) in [6, 6.07) is 14.4. The topological polar surface area (TPSA) is 126 Å². The first kappa shape index (κ1) is 37.0. The number of alkyl carbamates (subject to hydrolysis) is 1. The van der Waals surface area contributed by atoms with Gasteiger partial charge in [-0.2, -0.15) is 4.31 Å². The molecule has 2 aliphatic rings. The minimum atomic E-state index is -3.88. The lowest BCUT2D eigenvalue weighted by Gasteiger charge is -2.44. The number of hydrogen-bond acceptors (Lipinski definition) is 7. The van der Waals surface area contributed by atoms with Gasteiger partial charge in [0.15, 0.2) is 0 Å². The van der Waals surface area contributed by atoms with Crippen molar-refractivity contribution in [3.8, 4) is 0 Å². The number of amides is 2. The van der Waals surface area contributed by atoms with Crippen molar-refractivity contribution < 1.29 is 40.7 Å². The third-order valence-corrected chi connectivity index (χ3v) is 11.6. The van der Waals surface area contributed by atoms with E-state index >= 15 is 4.39 Å². The molecule has 3 aromatic rings. The first-order valence-corrected chi connectivity index (χ1v) is 17.8. The summed E-state index contributed by atoms with van der Waals surface area (Å²) in [7, 11) is -2.74. The van der Waals surface area contributed by atoms with Crippen LogP contribution in [-0.4, -0.2) is 70.2 Å². The van der Waals surface area contributed by atoms with E-state index < -0.39 is 56.9 Å². The number of ether oxygens (including phenoxy) is 2. The number of carbonyl (C=O) groups is 2. The van der Waals surface area contributed by atoms with Crippen LogP contribution in [0.4, 0.5) is 23.7 Å². The average molecular weight is 715 g/mol. The molecule has 3 N–H and O–H groups in total. The molecule has 14 heteroatoms. The molecule has 0 bridgehead atoms. The molecule has 0 aromatic heterocycles. The van der Waals surface area contributed by atoms with E-state index in [9.17, 15) is 26.8 Å². The van der Waals surface area contributed by atoms with Crippen molar-refractivity contribution in [2.24, 2.45) is 5.92 Å². The van der Waals surface area contributed by atoms with E-state index in [4.69, 9.17) is 9.47 Å². The van der Waals surface area contributed by atoms with E-state index in [0.717, 1.165) is 25.3 Å². The summed E-state index contributed by atoms with van der Waals surface area (Å²) in [5.74, 6) is -4.34. The highest BCUT2D eigenvalue weighted by Crippen LogP contribution is 2.45. The zero-order valence-electron chi connectivity index (χ0n) is 27.9. The molecule has 2 heterocycles. The molecule has 0 unspecified atom stereocenters. The van der Waals surface area contributed by atoms with E-state index in [2.05, 4.69) is 22.5 Å². The number of piperazine rings is 1. The quantitative estimate of drug-likeness (QED) is 0.248. The Hall–Kier alpha value is -4.24. The highest BCUT2D eigenvalue weighted by Gasteiger charge is 2.48. The van der Waals surface area contributed by atoms with Gasteiger partial charge in [-0.25, -0.2) is 26.4 Å². The van der Waals surface area contributed by atoms with Crippen LogP contribution in [0, 0.1) is 23.4 Å². The lowest BCUT2D eigenvalue weighted by Crippen LogP contribution is -2.58. The normalized spacial score (nSPS) is 20.0. The van der Waals surface area contributed by atoms with Gasteiger partial charge in [0.1, 0.15) is 17.5 Å². The van der Waals surface area contributed by atoms with E-state index in [0.29, 0.717) is 13.1 Å². The average Bonchev–Trinajstić information content (AvgIpc) is 3.08. The van der Waals surface area contributed by atoms with Crippen LogP contribution in [0.5, 0.6) is 0 Å². The Kier molecular flexibility index (Phi) is 11.7. The molecule has 2 aliphatic heterocycles. The van der Waals surface area contributed by atoms with Crippen molar-refractivity contribution in [2.75, 3.05) is 38.7 Å². The van der Waals surface area contributed by atoms with Gasteiger partial charge >= 0.3 is 6.09 Å². The molecule has 0 saturated carbocycles. The summed E-state index contributed by atoms with van der Waals surface area (Å²) in [5.41, 5.74) is -0.952. The number of nitrogens with one attached hydrogen (secondary N) is 3. The maximum Gasteiger partial charge on any atom is 0.411 e. The van der Waals surface area contributed by atoms with Crippen LogP contribution >= 0.6 is 0 Å². The molecular formula is C36H41F3N4O6S. The predicted octanol–water partition coefficient (Wildman–Crippen LogP) is 5.26. The van der Waals surface area contributed by atoms with Crippen LogP contribution in [0.2, 0.25) is 0 Å². The van der Waals surface area contributed by atoms with Gasteiger partial charge in [0, 0.05) is 66.8 Å². The van der Waals surface area contributed by atoms with Gasteiger partial charge in [0.2, 0.25) is 15.9 Å². The maximum atomic E-state index is 15.6. The first-order valence-electron chi connectivity index (χ1n) is 16.3. The number of hydrogen-bond donors (Lipinski definition) is 3. The Morgan fingerprint density at radius 3 is 2.38 bits per heavy atom. The summed E-state index contributed by atoms with van der Waals surface area (Å²) in [4.78, 5) is 26.9. The van der Waals surface area contributed by atoms with Crippen LogP contribution in [0.25, 0.3) is 0 Å². The Labute approximate surface area is 290 Å². The lowest BCUT2D eigenvalue weighted by molar-refractivity contribution is -0.122. The van der Waals surface area contributed by atoms with Crippen molar-refractivity contribution in [1.82, 2.24) is 14.9 Å². The van der Waals surface area contributed by atoms with Crippen LogP contribution in [0.15, 0.2) is 83.9 Å². The van der Waals surface area contributed by atoms with Crippen molar-refractivity contribution in [2.45, 2.75) is 55.0 Å². The zero-order chi connectivity index (χ0) is 36.1. The molecule has 0 spiro atoms. The zero-order valence-corrected chi connectivity index (χ0v) is 28.7. The molecule has 268 valence electrons. The fraction of sp³-hybridized carbons (Fsp3) is 0.389. The molecule has 5 rings (SSSR count). The van der Waals surface area contributed by atoms with E-state index in [1.807, 2.05) is 0 Å². The molecule has 2 saturated heterocycles. The SMILES string of the molecule is C=C(NC(=O)OC)[C@H](C(=O)Nc1cccc(F)c1CC[C@H]1CNC[C@H](C)N1S(=O)(=O)c1ccccc1)C1(c2cc(F)cc(F)c2)CCOCC1. The number of halogens is 3. The van der Waals surface area contributed by atoms with Crippen LogP contribution in [0.1, 0.15) is 37.3 Å². The van der Waals surface area contributed by atoms with Crippen LogP contribution in [0.3, 0.4) is 0 Å². The minimum absolute atomic E-state index is 0.0578. The number of benzene rings is 3. The summed E-state index contributed by atoms with van der Waals surface area (Å²) in [5, 5.41) is 8.52.